The maximum Gasteiger partial charge on any atom is 0.262 e. The second-order valence-electron chi connectivity index (χ2n) is 6.73. The number of aryl methyl sites for hydroxylation is 1. The van der Waals surface area contributed by atoms with Crippen LogP contribution in [-0.2, 0) is 14.8 Å². The molecule has 3 aromatic rings. The summed E-state index contributed by atoms with van der Waals surface area (Å²) in [6.45, 7) is 3.39. The maximum absolute atomic E-state index is 12.9. The van der Waals surface area contributed by atoms with Crippen molar-refractivity contribution in [2.45, 2.75) is 24.8 Å². The average Bonchev–Trinajstić information content (AvgIpc) is 3.14. The Hall–Kier alpha value is -3.01. The van der Waals surface area contributed by atoms with Gasteiger partial charge in [-0.1, -0.05) is 0 Å². The molecule has 0 radical (unpaired) electrons. The van der Waals surface area contributed by atoms with E-state index in [0.29, 0.717) is 17.2 Å². The minimum Gasteiger partial charge on any atom is -0.495 e. The third kappa shape index (κ3) is 5.78. The molecule has 0 spiro atoms. The van der Waals surface area contributed by atoms with E-state index in [1.807, 2.05) is 19.1 Å². The van der Waals surface area contributed by atoms with Crippen molar-refractivity contribution in [3.63, 3.8) is 0 Å². The summed E-state index contributed by atoms with van der Waals surface area (Å²) in [5, 5.41) is 2.62. The first-order valence-corrected chi connectivity index (χ1v) is 10.6. The van der Waals surface area contributed by atoms with Crippen molar-refractivity contribution in [2.75, 3.05) is 17.1 Å². The van der Waals surface area contributed by atoms with Crippen LogP contribution in [0.1, 0.15) is 12.7 Å². The number of furan rings is 1. The first-order chi connectivity index (χ1) is 14.2. The van der Waals surface area contributed by atoms with Crippen molar-refractivity contribution in [1.82, 2.24) is 0 Å². The SMILES string of the molecule is COc1ccc(NC(=O)[C@@H](C)N)cc1NS(=O)(=O)c1ccc(-c2ccc(C)o2)cc1.Cl. The maximum atomic E-state index is 12.9. The molecule has 0 fully saturated rings. The van der Waals surface area contributed by atoms with Crippen LogP contribution in [0.3, 0.4) is 0 Å². The van der Waals surface area contributed by atoms with Crippen LogP contribution in [-0.4, -0.2) is 27.5 Å². The number of hydrogen-bond donors (Lipinski definition) is 3. The van der Waals surface area contributed by atoms with Crippen molar-refractivity contribution in [3.8, 4) is 17.1 Å². The van der Waals surface area contributed by atoms with Gasteiger partial charge in [-0.3, -0.25) is 9.52 Å². The number of nitrogens with two attached hydrogens (primary N) is 1. The van der Waals surface area contributed by atoms with Crippen LogP contribution in [0.2, 0.25) is 0 Å². The van der Waals surface area contributed by atoms with Gasteiger partial charge in [-0.15, -0.1) is 12.4 Å². The summed E-state index contributed by atoms with van der Waals surface area (Å²) in [5.74, 6) is 1.34. The van der Waals surface area contributed by atoms with Gasteiger partial charge in [-0.25, -0.2) is 8.42 Å². The highest BCUT2D eigenvalue weighted by Crippen LogP contribution is 2.31. The third-order valence-corrected chi connectivity index (χ3v) is 5.70. The number of halogens is 1. The van der Waals surface area contributed by atoms with Gasteiger partial charge in [0.25, 0.3) is 10.0 Å². The molecule has 8 nitrogen and oxygen atoms in total. The Bertz CT molecular complexity index is 1160. The van der Waals surface area contributed by atoms with Crippen LogP contribution in [0.4, 0.5) is 11.4 Å². The predicted octanol–water partition coefficient (Wildman–Crippen LogP) is 3.77. The summed E-state index contributed by atoms with van der Waals surface area (Å²) in [5.41, 5.74) is 6.89. The van der Waals surface area contributed by atoms with Gasteiger partial charge < -0.3 is 20.2 Å². The molecule has 31 heavy (non-hydrogen) atoms. The fourth-order valence-corrected chi connectivity index (χ4v) is 3.77. The number of amides is 1. The Morgan fingerprint density at radius 1 is 1.10 bits per heavy atom. The number of carbonyl (C=O) groups is 1. The number of sulfonamides is 1. The number of benzene rings is 2. The number of methoxy groups -OCH3 is 1. The summed E-state index contributed by atoms with van der Waals surface area (Å²) in [6, 6.07) is 13.9. The topological polar surface area (TPSA) is 124 Å². The van der Waals surface area contributed by atoms with Crippen LogP contribution in [0.5, 0.6) is 5.75 Å². The second kappa shape index (κ2) is 9.86. The Labute approximate surface area is 187 Å². The zero-order valence-corrected chi connectivity index (χ0v) is 18.8. The van der Waals surface area contributed by atoms with Gasteiger partial charge >= 0.3 is 0 Å². The first-order valence-electron chi connectivity index (χ1n) is 9.14. The minimum atomic E-state index is -3.90. The zero-order valence-electron chi connectivity index (χ0n) is 17.2. The van der Waals surface area contributed by atoms with Crippen LogP contribution < -0.4 is 20.5 Å². The molecule has 1 heterocycles. The van der Waals surface area contributed by atoms with Crippen molar-refractivity contribution < 1.29 is 22.4 Å². The highest BCUT2D eigenvalue weighted by molar-refractivity contribution is 7.92. The van der Waals surface area contributed by atoms with E-state index >= 15 is 0 Å². The molecule has 0 unspecified atom stereocenters. The highest BCUT2D eigenvalue weighted by Gasteiger charge is 2.18. The van der Waals surface area contributed by atoms with Gasteiger partial charge in [-0.05, 0) is 68.4 Å². The number of rotatable bonds is 7. The van der Waals surface area contributed by atoms with Gasteiger partial charge in [0.05, 0.1) is 23.7 Å². The first kappa shape index (κ1) is 24.3. The number of carbonyl (C=O) groups excluding carboxylic acids is 1. The number of hydrogen-bond acceptors (Lipinski definition) is 6. The summed E-state index contributed by atoms with van der Waals surface area (Å²) in [6.07, 6.45) is 0. The van der Waals surface area contributed by atoms with Gasteiger partial charge in [0, 0.05) is 11.3 Å². The monoisotopic (exact) mass is 465 g/mol. The third-order valence-electron chi connectivity index (χ3n) is 4.31. The largest absolute Gasteiger partial charge is 0.495 e. The van der Waals surface area contributed by atoms with Crippen molar-refractivity contribution in [1.29, 1.82) is 0 Å². The van der Waals surface area contributed by atoms with Crippen molar-refractivity contribution >= 4 is 39.7 Å². The van der Waals surface area contributed by atoms with Crippen LogP contribution in [0.15, 0.2) is 63.9 Å². The quantitative estimate of drug-likeness (QED) is 0.488. The van der Waals surface area contributed by atoms with Crippen LogP contribution in [0, 0.1) is 6.92 Å². The summed E-state index contributed by atoms with van der Waals surface area (Å²) in [7, 11) is -2.48. The fourth-order valence-electron chi connectivity index (χ4n) is 2.71. The number of nitrogens with one attached hydrogen (secondary N) is 2. The van der Waals surface area contributed by atoms with E-state index < -0.39 is 22.0 Å². The van der Waals surface area contributed by atoms with Gasteiger partial charge in [0.2, 0.25) is 5.91 Å². The van der Waals surface area contributed by atoms with Gasteiger partial charge in [0.15, 0.2) is 0 Å². The smallest absolute Gasteiger partial charge is 0.262 e. The summed E-state index contributed by atoms with van der Waals surface area (Å²) >= 11 is 0. The lowest BCUT2D eigenvalue weighted by atomic mass is 10.2. The zero-order chi connectivity index (χ0) is 21.9. The van der Waals surface area contributed by atoms with E-state index in [0.717, 1.165) is 11.3 Å². The molecule has 0 aliphatic heterocycles. The molecule has 0 bridgehead atoms. The molecule has 4 N–H and O–H groups in total. The minimum absolute atomic E-state index is 0. The van der Waals surface area contributed by atoms with Crippen LogP contribution >= 0.6 is 12.4 Å². The summed E-state index contributed by atoms with van der Waals surface area (Å²) in [4.78, 5) is 11.9. The molecule has 0 aliphatic carbocycles. The molecular weight excluding hydrogens is 442 g/mol. The Morgan fingerprint density at radius 3 is 2.32 bits per heavy atom. The molecule has 1 aromatic heterocycles. The molecule has 3 rings (SSSR count). The molecule has 0 saturated heterocycles. The molecule has 0 saturated carbocycles. The van der Waals surface area contributed by atoms with E-state index in [2.05, 4.69) is 10.0 Å². The summed E-state index contributed by atoms with van der Waals surface area (Å²) < 4.78 is 39.0. The fraction of sp³-hybridized carbons (Fsp3) is 0.190. The number of anilines is 2. The molecular formula is C21H24ClN3O5S. The van der Waals surface area contributed by atoms with E-state index in [1.54, 1.807) is 31.2 Å². The van der Waals surface area contributed by atoms with E-state index in [9.17, 15) is 13.2 Å². The lowest BCUT2D eigenvalue weighted by Gasteiger charge is -2.15. The lowest BCUT2D eigenvalue weighted by molar-refractivity contribution is -0.117. The number of ether oxygens (including phenoxy) is 1. The van der Waals surface area contributed by atoms with Gasteiger partial charge in [-0.2, -0.15) is 0 Å². The highest BCUT2D eigenvalue weighted by atomic mass is 35.5. The van der Waals surface area contributed by atoms with E-state index in [1.165, 1.54) is 25.3 Å². The van der Waals surface area contributed by atoms with Crippen molar-refractivity contribution in [3.05, 3.63) is 60.4 Å². The Balaban J connectivity index is 0.00000341. The molecule has 10 heteroatoms. The Kier molecular flexibility index (Phi) is 7.72. The molecule has 1 amide bonds. The Morgan fingerprint density at radius 2 is 1.77 bits per heavy atom. The molecule has 166 valence electrons. The molecule has 2 aromatic carbocycles. The lowest BCUT2D eigenvalue weighted by Crippen LogP contribution is -2.32. The molecule has 1 atom stereocenters. The van der Waals surface area contributed by atoms with E-state index in [4.69, 9.17) is 14.9 Å². The van der Waals surface area contributed by atoms with Crippen LogP contribution in [0.25, 0.3) is 11.3 Å². The predicted molar refractivity (Wildman–Crippen MR) is 122 cm³/mol. The average molecular weight is 466 g/mol. The normalized spacial score (nSPS) is 11.9. The second-order valence-corrected chi connectivity index (χ2v) is 8.42. The van der Waals surface area contributed by atoms with Gasteiger partial charge in [0.1, 0.15) is 17.3 Å². The standard InChI is InChI=1S/C21H23N3O5S.ClH/c1-13-4-10-19(29-13)15-5-8-17(9-6-15)30(26,27)24-18-12-16(7-11-20(18)28-3)23-21(25)14(2)22;/h4-12,14,24H,22H2,1-3H3,(H,23,25);1H/t14-;/m1./s1. The van der Waals surface area contributed by atoms with E-state index in [-0.39, 0.29) is 23.0 Å². The van der Waals surface area contributed by atoms with Crippen molar-refractivity contribution in [2.24, 2.45) is 5.73 Å². The molecule has 0 aliphatic rings.